The van der Waals surface area contributed by atoms with Gasteiger partial charge in [-0.2, -0.15) is 0 Å². The van der Waals surface area contributed by atoms with E-state index in [0.717, 1.165) is 12.0 Å². The first kappa shape index (κ1) is 21.2. The number of rotatable bonds is 8. The second-order valence-electron chi connectivity index (χ2n) is 7.22. The number of sulfone groups is 1. The van der Waals surface area contributed by atoms with Crippen LogP contribution in [0.4, 0.5) is 0 Å². The van der Waals surface area contributed by atoms with Gasteiger partial charge in [0, 0.05) is 18.2 Å². The fraction of sp³-hybridized carbons (Fsp3) is 0.409. The number of hydrogen-bond donors (Lipinski definition) is 0. The number of carbonyl (C=O) groups is 1. The molecule has 1 heterocycles. The van der Waals surface area contributed by atoms with Crippen LogP contribution in [0.5, 0.6) is 11.5 Å². The topological polar surface area (TPSA) is 72.9 Å². The summed E-state index contributed by atoms with van der Waals surface area (Å²) in [6.07, 6.45) is 1.32. The number of amides is 1. The molecule has 0 radical (unpaired) electrons. The van der Waals surface area contributed by atoms with E-state index in [2.05, 4.69) is 0 Å². The van der Waals surface area contributed by atoms with Crippen molar-refractivity contribution in [3.8, 4) is 11.5 Å². The lowest BCUT2D eigenvalue weighted by molar-refractivity contribution is 0.0680. The molecular formula is C22H27NO5S. The Morgan fingerprint density at radius 2 is 1.90 bits per heavy atom. The smallest absolute Gasteiger partial charge is 0.254 e. The lowest BCUT2D eigenvalue weighted by Gasteiger charge is -2.29. The van der Waals surface area contributed by atoms with E-state index in [0.29, 0.717) is 36.6 Å². The van der Waals surface area contributed by atoms with Crippen molar-refractivity contribution < 1.29 is 22.7 Å². The summed E-state index contributed by atoms with van der Waals surface area (Å²) in [5, 5.41) is 0. The zero-order valence-electron chi connectivity index (χ0n) is 16.8. The second kappa shape index (κ2) is 9.31. The standard InChI is InChI=1S/C22H27NO5S/c1-3-11-28-21-9-5-7-18(14-21)22(24)23(19-10-12-29(25,26)16-19)15-17-6-4-8-20(13-17)27-2/h4-9,13-14,19H,3,10-12,15-16H2,1-2H3/t19-/m0/s1. The first-order valence-electron chi connectivity index (χ1n) is 9.79. The van der Waals surface area contributed by atoms with Crippen LogP contribution in [0.1, 0.15) is 35.7 Å². The SMILES string of the molecule is CCCOc1cccc(C(=O)N(Cc2cccc(OC)c2)[C@H]2CCS(=O)(=O)C2)c1. The third-order valence-electron chi connectivity index (χ3n) is 4.95. The van der Waals surface area contributed by atoms with Gasteiger partial charge >= 0.3 is 0 Å². The number of hydrogen-bond acceptors (Lipinski definition) is 5. The average Bonchev–Trinajstić information content (AvgIpc) is 3.09. The van der Waals surface area contributed by atoms with E-state index in [4.69, 9.17) is 9.47 Å². The van der Waals surface area contributed by atoms with E-state index in [1.165, 1.54) is 0 Å². The van der Waals surface area contributed by atoms with Crippen LogP contribution in [0.3, 0.4) is 0 Å². The van der Waals surface area contributed by atoms with Gasteiger partial charge in [-0.3, -0.25) is 4.79 Å². The van der Waals surface area contributed by atoms with Crippen LogP contribution < -0.4 is 9.47 Å². The van der Waals surface area contributed by atoms with E-state index in [1.54, 1.807) is 30.2 Å². The molecule has 0 aromatic heterocycles. The van der Waals surface area contributed by atoms with Crippen molar-refractivity contribution in [2.45, 2.75) is 32.4 Å². The van der Waals surface area contributed by atoms with Crippen LogP contribution in [-0.4, -0.2) is 50.5 Å². The minimum atomic E-state index is -3.12. The molecule has 6 nitrogen and oxygen atoms in total. The first-order valence-corrected chi connectivity index (χ1v) is 11.6. The summed E-state index contributed by atoms with van der Waals surface area (Å²) in [7, 11) is -1.53. The Morgan fingerprint density at radius 1 is 1.14 bits per heavy atom. The number of carbonyl (C=O) groups excluding carboxylic acids is 1. The van der Waals surface area contributed by atoms with Crippen molar-refractivity contribution in [2.24, 2.45) is 0 Å². The quantitative estimate of drug-likeness (QED) is 0.659. The van der Waals surface area contributed by atoms with Gasteiger partial charge in [0.15, 0.2) is 9.84 Å². The summed E-state index contributed by atoms with van der Waals surface area (Å²) in [5.74, 6) is 1.24. The summed E-state index contributed by atoms with van der Waals surface area (Å²) in [5.41, 5.74) is 1.38. The zero-order valence-corrected chi connectivity index (χ0v) is 17.7. The maximum atomic E-state index is 13.4. The zero-order chi connectivity index (χ0) is 20.9. The van der Waals surface area contributed by atoms with Crippen molar-refractivity contribution in [1.82, 2.24) is 4.90 Å². The molecular weight excluding hydrogens is 390 g/mol. The van der Waals surface area contributed by atoms with Crippen molar-refractivity contribution in [3.05, 3.63) is 59.7 Å². The van der Waals surface area contributed by atoms with Crippen LogP contribution in [0.2, 0.25) is 0 Å². The minimum absolute atomic E-state index is 0.00522. The predicted molar refractivity (Wildman–Crippen MR) is 112 cm³/mol. The van der Waals surface area contributed by atoms with E-state index < -0.39 is 9.84 Å². The van der Waals surface area contributed by atoms with Crippen LogP contribution in [0, 0.1) is 0 Å². The van der Waals surface area contributed by atoms with E-state index >= 15 is 0 Å². The average molecular weight is 418 g/mol. The summed E-state index contributed by atoms with van der Waals surface area (Å²) in [6, 6.07) is 14.2. The molecule has 1 fully saturated rings. The lowest BCUT2D eigenvalue weighted by atomic mass is 10.1. The molecule has 0 bridgehead atoms. The van der Waals surface area contributed by atoms with Gasteiger partial charge in [-0.05, 0) is 48.7 Å². The van der Waals surface area contributed by atoms with Crippen LogP contribution in [0.15, 0.2) is 48.5 Å². The van der Waals surface area contributed by atoms with E-state index in [1.807, 2.05) is 37.3 Å². The molecule has 2 aromatic rings. The largest absolute Gasteiger partial charge is 0.497 e. The number of nitrogens with zero attached hydrogens (tertiary/aromatic N) is 1. The summed E-state index contributed by atoms with van der Waals surface area (Å²) in [6.45, 7) is 2.91. The molecule has 0 saturated carbocycles. The maximum absolute atomic E-state index is 13.4. The molecule has 0 unspecified atom stereocenters. The van der Waals surface area contributed by atoms with Crippen LogP contribution in [-0.2, 0) is 16.4 Å². The molecule has 1 saturated heterocycles. The number of ether oxygens (including phenoxy) is 2. The molecule has 1 aliphatic rings. The molecule has 7 heteroatoms. The molecule has 1 atom stereocenters. The fourth-order valence-corrected chi connectivity index (χ4v) is 5.19. The fourth-order valence-electron chi connectivity index (χ4n) is 3.46. The second-order valence-corrected chi connectivity index (χ2v) is 9.45. The van der Waals surface area contributed by atoms with Crippen molar-refractivity contribution in [1.29, 1.82) is 0 Å². The summed E-state index contributed by atoms with van der Waals surface area (Å²) in [4.78, 5) is 15.0. The summed E-state index contributed by atoms with van der Waals surface area (Å²) >= 11 is 0. The molecule has 1 aliphatic heterocycles. The first-order chi connectivity index (χ1) is 13.9. The van der Waals surface area contributed by atoms with Crippen LogP contribution >= 0.6 is 0 Å². The molecule has 1 amide bonds. The minimum Gasteiger partial charge on any atom is -0.497 e. The van der Waals surface area contributed by atoms with E-state index in [-0.39, 0.29) is 23.5 Å². The number of methoxy groups -OCH3 is 1. The highest BCUT2D eigenvalue weighted by molar-refractivity contribution is 7.91. The maximum Gasteiger partial charge on any atom is 0.254 e. The highest BCUT2D eigenvalue weighted by Crippen LogP contribution is 2.25. The molecule has 29 heavy (non-hydrogen) atoms. The van der Waals surface area contributed by atoms with Crippen molar-refractivity contribution >= 4 is 15.7 Å². The van der Waals surface area contributed by atoms with Crippen LogP contribution in [0.25, 0.3) is 0 Å². The summed E-state index contributed by atoms with van der Waals surface area (Å²) < 4.78 is 35.0. The van der Waals surface area contributed by atoms with Gasteiger partial charge in [-0.15, -0.1) is 0 Å². The van der Waals surface area contributed by atoms with Crippen molar-refractivity contribution in [2.75, 3.05) is 25.2 Å². The molecule has 0 N–H and O–H groups in total. The van der Waals surface area contributed by atoms with Gasteiger partial charge in [0.25, 0.3) is 5.91 Å². The monoisotopic (exact) mass is 417 g/mol. The predicted octanol–water partition coefficient (Wildman–Crippen LogP) is 3.31. The lowest BCUT2D eigenvalue weighted by Crippen LogP contribution is -2.40. The Kier molecular flexibility index (Phi) is 6.79. The van der Waals surface area contributed by atoms with Gasteiger partial charge in [0.05, 0.1) is 25.2 Å². The normalized spacial score (nSPS) is 17.7. The Bertz CT molecular complexity index is 957. The van der Waals surface area contributed by atoms with Gasteiger partial charge in [0.2, 0.25) is 0 Å². The molecule has 0 aliphatic carbocycles. The Morgan fingerprint density at radius 3 is 2.59 bits per heavy atom. The van der Waals surface area contributed by atoms with Gasteiger partial charge in [-0.1, -0.05) is 25.1 Å². The van der Waals surface area contributed by atoms with Gasteiger partial charge < -0.3 is 14.4 Å². The number of benzene rings is 2. The molecule has 3 rings (SSSR count). The molecule has 0 spiro atoms. The Balaban J connectivity index is 1.88. The third-order valence-corrected chi connectivity index (χ3v) is 6.70. The molecule has 156 valence electrons. The Hall–Kier alpha value is -2.54. The highest BCUT2D eigenvalue weighted by atomic mass is 32.2. The molecule has 2 aromatic carbocycles. The van der Waals surface area contributed by atoms with E-state index in [9.17, 15) is 13.2 Å². The highest BCUT2D eigenvalue weighted by Gasteiger charge is 2.35. The van der Waals surface area contributed by atoms with Gasteiger partial charge in [0.1, 0.15) is 11.5 Å². The van der Waals surface area contributed by atoms with Gasteiger partial charge in [-0.25, -0.2) is 8.42 Å². The van der Waals surface area contributed by atoms with Crippen molar-refractivity contribution in [3.63, 3.8) is 0 Å². The third kappa shape index (κ3) is 5.50. The Labute approximate surface area is 172 Å².